The fourth-order valence-electron chi connectivity index (χ4n) is 2.03. The summed E-state index contributed by atoms with van der Waals surface area (Å²) in [6, 6.07) is 2.70. The minimum Gasteiger partial charge on any atom is -0.376 e. The second kappa shape index (κ2) is 5.38. The van der Waals surface area contributed by atoms with Crippen molar-refractivity contribution >= 4 is 5.69 Å². The van der Waals surface area contributed by atoms with E-state index in [-0.39, 0.29) is 5.69 Å². The van der Waals surface area contributed by atoms with E-state index in [4.69, 9.17) is 0 Å². The normalized spacial score (nSPS) is 10.8. The number of hydrogen-bond acceptors (Lipinski definition) is 2. The van der Waals surface area contributed by atoms with Crippen LogP contribution in [0.25, 0.3) is 0 Å². The van der Waals surface area contributed by atoms with Gasteiger partial charge >= 0.3 is 0 Å². The van der Waals surface area contributed by atoms with Gasteiger partial charge < -0.3 is 5.32 Å². The molecule has 0 atom stereocenters. The van der Waals surface area contributed by atoms with E-state index < -0.39 is 11.6 Å². The minimum atomic E-state index is -0.579. The molecule has 1 N–H and O–H groups in total. The highest BCUT2D eigenvalue weighted by Crippen LogP contribution is 2.22. The molecule has 0 aliphatic heterocycles. The summed E-state index contributed by atoms with van der Waals surface area (Å²) in [5, 5.41) is 7.12. The van der Waals surface area contributed by atoms with Crippen molar-refractivity contribution in [1.29, 1.82) is 0 Å². The molecule has 1 aromatic heterocycles. The maximum atomic E-state index is 13.8. The highest BCUT2D eigenvalue weighted by Gasteiger charge is 2.12. The number of benzene rings is 1. The summed E-state index contributed by atoms with van der Waals surface area (Å²) in [4.78, 5) is 0. The van der Waals surface area contributed by atoms with Crippen LogP contribution >= 0.6 is 0 Å². The standard InChI is InChI=1S/C14H17F2N3/c1-4-12-10(8-19(3)18-12)7-17-14-11(15)6-5-9(2)13(14)16/h5-6,8,17H,4,7H2,1-3H3. The predicted molar refractivity (Wildman–Crippen MR) is 71.0 cm³/mol. The van der Waals surface area contributed by atoms with Crippen LogP contribution in [0.15, 0.2) is 18.3 Å². The first kappa shape index (κ1) is 13.5. The van der Waals surface area contributed by atoms with Crippen LogP contribution in [0.1, 0.15) is 23.7 Å². The van der Waals surface area contributed by atoms with Gasteiger partial charge in [0.25, 0.3) is 0 Å². The summed E-state index contributed by atoms with van der Waals surface area (Å²) >= 11 is 0. The molecular formula is C14H17F2N3. The Kier molecular flexibility index (Phi) is 3.83. The Morgan fingerprint density at radius 2 is 2.05 bits per heavy atom. The lowest BCUT2D eigenvalue weighted by atomic mass is 10.1. The Bertz CT molecular complexity index is 591. The number of hydrogen-bond donors (Lipinski definition) is 1. The summed E-state index contributed by atoms with van der Waals surface area (Å²) in [6.45, 7) is 3.97. The van der Waals surface area contributed by atoms with Crippen LogP contribution in [0.3, 0.4) is 0 Å². The maximum absolute atomic E-state index is 13.8. The third-order valence-corrected chi connectivity index (χ3v) is 3.07. The Hall–Kier alpha value is -1.91. The van der Waals surface area contributed by atoms with Crippen LogP contribution in [0, 0.1) is 18.6 Å². The quantitative estimate of drug-likeness (QED) is 0.920. The lowest BCUT2D eigenvalue weighted by Crippen LogP contribution is -2.06. The summed E-state index contributed by atoms with van der Waals surface area (Å²) < 4.78 is 29.1. The van der Waals surface area contributed by atoms with Gasteiger partial charge in [-0.15, -0.1) is 0 Å². The van der Waals surface area contributed by atoms with Crippen LogP contribution in [0.5, 0.6) is 0 Å². The number of nitrogens with zero attached hydrogens (tertiary/aromatic N) is 2. The SMILES string of the molecule is CCc1nn(C)cc1CNc1c(F)ccc(C)c1F. The van der Waals surface area contributed by atoms with Crippen LogP contribution in [-0.2, 0) is 20.0 Å². The summed E-state index contributed by atoms with van der Waals surface area (Å²) in [5.74, 6) is -1.12. The molecule has 0 aliphatic rings. The first-order valence-corrected chi connectivity index (χ1v) is 6.22. The molecule has 0 bridgehead atoms. The second-order valence-electron chi connectivity index (χ2n) is 4.54. The van der Waals surface area contributed by atoms with Crippen molar-refractivity contribution in [2.75, 3.05) is 5.32 Å². The molecular weight excluding hydrogens is 248 g/mol. The maximum Gasteiger partial charge on any atom is 0.152 e. The molecule has 2 aromatic rings. The third-order valence-electron chi connectivity index (χ3n) is 3.07. The lowest BCUT2D eigenvalue weighted by molar-refractivity contribution is 0.582. The molecule has 19 heavy (non-hydrogen) atoms. The summed E-state index contributed by atoms with van der Waals surface area (Å²) in [7, 11) is 1.83. The van der Waals surface area contributed by atoms with Gasteiger partial charge in [-0.2, -0.15) is 5.10 Å². The monoisotopic (exact) mass is 265 g/mol. The average molecular weight is 265 g/mol. The lowest BCUT2D eigenvalue weighted by Gasteiger charge is -2.10. The summed E-state index contributed by atoms with van der Waals surface area (Å²) in [6.07, 6.45) is 2.65. The number of halogens is 2. The van der Waals surface area contributed by atoms with Crippen molar-refractivity contribution in [1.82, 2.24) is 9.78 Å². The van der Waals surface area contributed by atoms with E-state index in [2.05, 4.69) is 10.4 Å². The van der Waals surface area contributed by atoms with E-state index in [0.717, 1.165) is 17.7 Å². The van der Waals surface area contributed by atoms with E-state index >= 15 is 0 Å². The van der Waals surface area contributed by atoms with Crippen LogP contribution in [0.4, 0.5) is 14.5 Å². The number of anilines is 1. The van der Waals surface area contributed by atoms with Gasteiger partial charge in [0.15, 0.2) is 5.82 Å². The van der Waals surface area contributed by atoms with E-state index in [1.54, 1.807) is 11.6 Å². The number of aromatic nitrogens is 2. The largest absolute Gasteiger partial charge is 0.376 e. The fraction of sp³-hybridized carbons (Fsp3) is 0.357. The molecule has 1 aromatic carbocycles. The average Bonchev–Trinajstić information content (AvgIpc) is 2.74. The van der Waals surface area contributed by atoms with Crippen molar-refractivity contribution < 1.29 is 8.78 Å². The minimum absolute atomic E-state index is 0.0779. The van der Waals surface area contributed by atoms with Gasteiger partial charge in [0.1, 0.15) is 11.5 Å². The molecule has 0 radical (unpaired) electrons. The van der Waals surface area contributed by atoms with Crippen molar-refractivity contribution in [3.8, 4) is 0 Å². The van der Waals surface area contributed by atoms with Crippen LogP contribution in [0.2, 0.25) is 0 Å². The van der Waals surface area contributed by atoms with E-state index in [0.29, 0.717) is 12.1 Å². The van der Waals surface area contributed by atoms with Gasteiger partial charge in [-0.25, -0.2) is 8.78 Å². The Balaban J connectivity index is 2.21. The first-order valence-electron chi connectivity index (χ1n) is 6.22. The van der Waals surface area contributed by atoms with Gasteiger partial charge in [-0.3, -0.25) is 4.68 Å². The van der Waals surface area contributed by atoms with Crippen LogP contribution in [-0.4, -0.2) is 9.78 Å². The molecule has 1 heterocycles. The van der Waals surface area contributed by atoms with Crippen molar-refractivity contribution in [3.63, 3.8) is 0 Å². The Morgan fingerprint density at radius 3 is 2.74 bits per heavy atom. The zero-order chi connectivity index (χ0) is 14.0. The zero-order valence-corrected chi connectivity index (χ0v) is 11.3. The van der Waals surface area contributed by atoms with Gasteiger partial charge in [-0.05, 0) is 25.0 Å². The number of aryl methyl sites for hydroxylation is 3. The molecule has 0 amide bonds. The van der Waals surface area contributed by atoms with Crippen molar-refractivity contribution in [2.24, 2.45) is 7.05 Å². The first-order chi connectivity index (χ1) is 9.02. The second-order valence-corrected chi connectivity index (χ2v) is 4.54. The van der Waals surface area contributed by atoms with Crippen molar-refractivity contribution in [3.05, 3.63) is 46.8 Å². The molecule has 0 aliphatic carbocycles. The smallest absolute Gasteiger partial charge is 0.152 e. The van der Waals surface area contributed by atoms with Gasteiger partial charge in [-0.1, -0.05) is 13.0 Å². The molecule has 0 saturated heterocycles. The topological polar surface area (TPSA) is 29.9 Å². The summed E-state index contributed by atoms with van der Waals surface area (Å²) in [5.41, 5.74) is 2.23. The highest BCUT2D eigenvalue weighted by atomic mass is 19.1. The molecule has 0 unspecified atom stereocenters. The van der Waals surface area contributed by atoms with E-state index in [1.165, 1.54) is 12.1 Å². The highest BCUT2D eigenvalue weighted by molar-refractivity contribution is 5.49. The fourth-order valence-corrected chi connectivity index (χ4v) is 2.03. The molecule has 3 nitrogen and oxygen atoms in total. The number of nitrogens with one attached hydrogen (secondary N) is 1. The zero-order valence-electron chi connectivity index (χ0n) is 11.3. The van der Waals surface area contributed by atoms with Gasteiger partial charge in [0.05, 0.1) is 5.69 Å². The Morgan fingerprint density at radius 1 is 1.32 bits per heavy atom. The number of rotatable bonds is 4. The molecule has 0 fully saturated rings. The van der Waals surface area contributed by atoms with E-state index in [9.17, 15) is 8.78 Å². The van der Waals surface area contributed by atoms with E-state index in [1.807, 2.05) is 20.2 Å². The van der Waals surface area contributed by atoms with Gasteiger partial charge in [0, 0.05) is 25.4 Å². The predicted octanol–water partition coefficient (Wildman–Crippen LogP) is 3.18. The molecule has 2 rings (SSSR count). The van der Waals surface area contributed by atoms with Crippen LogP contribution < -0.4 is 5.32 Å². The van der Waals surface area contributed by atoms with Gasteiger partial charge in [0.2, 0.25) is 0 Å². The molecule has 5 heteroatoms. The molecule has 0 spiro atoms. The Labute approximate surface area is 111 Å². The molecule has 0 saturated carbocycles. The molecule has 102 valence electrons. The van der Waals surface area contributed by atoms with Crippen molar-refractivity contribution in [2.45, 2.75) is 26.8 Å². The third kappa shape index (κ3) is 2.75.